The Hall–Kier alpha value is -2.82. The Labute approximate surface area is 177 Å². The Kier molecular flexibility index (Phi) is 4.97. The highest BCUT2D eigenvalue weighted by atomic mass is 16.5. The van der Waals surface area contributed by atoms with Crippen LogP contribution in [0.25, 0.3) is 0 Å². The summed E-state index contributed by atoms with van der Waals surface area (Å²) in [6, 6.07) is 16.4. The van der Waals surface area contributed by atoms with Gasteiger partial charge >= 0.3 is 0 Å². The van der Waals surface area contributed by atoms with Crippen LogP contribution < -0.4 is 15.6 Å². The number of ether oxygens (including phenoxy) is 1. The number of para-hydroxylation sites is 1. The van der Waals surface area contributed by atoms with Gasteiger partial charge < -0.3 is 4.74 Å². The molecule has 2 N–H and O–H groups in total. The van der Waals surface area contributed by atoms with E-state index in [0.29, 0.717) is 23.5 Å². The van der Waals surface area contributed by atoms with Gasteiger partial charge in [-0.15, -0.1) is 0 Å². The lowest BCUT2D eigenvalue weighted by atomic mass is 9.49. The van der Waals surface area contributed by atoms with Gasteiger partial charge in [0, 0.05) is 12.0 Å². The van der Waals surface area contributed by atoms with Crippen LogP contribution in [0, 0.1) is 23.2 Å². The summed E-state index contributed by atoms with van der Waals surface area (Å²) >= 11 is 0. The molecule has 2 aromatic carbocycles. The number of hydrogen-bond acceptors (Lipinski definition) is 3. The molecule has 5 nitrogen and oxygen atoms in total. The maximum absolute atomic E-state index is 12.6. The number of nitrogens with one attached hydrogen (secondary N) is 2. The van der Waals surface area contributed by atoms with Crippen molar-refractivity contribution in [1.82, 2.24) is 10.9 Å². The van der Waals surface area contributed by atoms with E-state index in [2.05, 4.69) is 10.9 Å². The number of amides is 2. The minimum atomic E-state index is -0.340. The van der Waals surface area contributed by atoms with Gasteiger partial charge in [0.25, 0.3) is 5.91 Å². The molecular weight excluding hydrogens is 376 g/mol. The molecule has 4 bridgehead atoms. The molecule has 30 heavy (non-hydrogen) atoms. The topological polar surface area (TPSA) is 67.4 Å². The van der Waals surface area contributed by atoms with Crippen LogP contribution in [-0.2, 0) is 4.79 Å². The zero-order chi connectivity index (χ0) is 20.6. The fourth-order valence-electron chi connectivity index (χ4n) is 6.42. The van der Waals surface area contributed by atoms with Crippen LogP contribution in [0.3, 0.4) is 0 Å². The molecule has 4 aliphatic rings. The Morgan fingerprint density at radius 3 is 2.13 bits per heavy atom. The highest BCUT2D eigenvalue weighted by Crippen LogP contribution is 2.61. The SMILES string of the molecule is O=C(CC12CC3CC(CC(C3)C1)C2)NNC(=O)c1cccc(Oc2ccccc2)c1. The number of rotatable bonds is 5. The van der Waals surface area contributed by atoms with Crippen molar-refractivity contribution in [2.45, 2.75) is 44.9 Å². The van der Waals surface area contributed by atoms with Crippen LogP contribution in [0.15, 0.2) is 54.6 Å². The Balaban J connectivity index is 1.16. The molecule has 0 aliphatic heterocycles. The van der Waals surface area contributed by atoms with Crippen molar-refractivity contribution >= 4 is 11.8 Å². The molecule has 0 saturated heterocycles. The van der Waals surface area contributed by atoms with Crippen LogP contribution >= 0.6 is 0 Å². The van der Waals surface area contributed by atoms with E-state index in [1.807, 2.05) is 30.3 Å². The molecule has 0 heterocycles. The van der Waals surface area contributed by atoms with Crippen molar-refractivity contribution in [3.8, 4) is 11.5 Å². The average molecular weight is 405 g/mol. The summed E-state index contributed by atoms with van der Waals surface area (Å²) in [6.07, 6.45) is 8.14. The molecule has 5 heteroatoms. The van der Waals surface area contributed by atoms with Gasteiger partial charge in [0.2, 0.25) is 5.91 Å². The second kappa shape index (κ2) is 7.78. The third-order valence-corrected chi connectivity index (χ3v) is 7.09. The van der Waals surface area contributed by atoms with Crippen molar-refractivity contribution in [2.24, 2.45) is 23.2 Å². The smallest absolute Gasteiger partial charge is 0.269 e. The minimum absolute atomic E-state index is 0.0815. The molecule has 156 valence electrons. The first-order valence-electron chi connectivity index (χ1n) is 11.0. The maximum Gasteiger partial charge on any atom is 0.269 e. The monoisotopic (exact) mass is 404 g/mol. The second-order valence-corrected chi connectivity index (χ2v) is 9.54. The van der Waals surface area contributed by atoms with Crippen molar-refractivity contribution in [2.75, 3.05) is 0 Å². The molecule has 0 radical (unpaired) electrons. The van der Waals surface area contributed by atoms with Gasteiger partial charge in [-0.05, 0) is 92.0 Å². The van der Waals surface area contributed by atoms with Crippen LogP contribution in [-0.4, -0.2) is 11.8 Å². The van der Waals surface area contributed by atoms with E-state index in [1.165, 1.54) is 38.5 Å². The lowest BCUT2D eigenvalue weighted by molar-refractivity contribution is -0.130. The quantitative estimate of drug-likeness (QED) is 0.700. The fourth-order valence-corrected chi connectivity index (χ4v) is 6.42. The highest BCUT2D eigenvalue weighted by Gasteiger charge is 2.51. The first-order valence-corrected chi connectivity index (χ1v) is 11.0. The van der Waals surface area contributed by atoms with E-state index in [1.54, 1.807) is 24.3 Å². The number of benzene rings is 2. The number of carbonyl (C=O) groups excluding carboxylic acids is 2. The van der Waals surface area contributed by atoms with Gasteiger partial charge in [-0.2, -0.15) is 0 Å². The molecule has 4 fully saturated rings. The van der Waals surface area contributed by atoms with Crippen molar-refractivity contribution in [3.05, 3.63) is 60.2 Å². The van der Waals surface area contributed by atoms with Crippen LogP contribution in [0.2, 0.25) is 0 Å². The van der Waals surface area contributed by atoms with E-state index >= 15 is 0 Å². The predicted molar refractivity (Wildman–Crippen MR) is 114 cm³/mol. The van der Waals surface area contributed by atoms with Gasteiger partial charge in [-0.3, -0.25) is 20.4 Å². The average Bonchev–Trinajstić information content (AvgIpc) is 2.71. The minimum Gasteiger partial charge on any atom is -0.457 e. The Morgan fingerprint density at radius 1 is 0.833 bits per heavy atom. The normalized spacial score (nSPS) is 28.7. The van der Waals surface area contributed by atoms with Crippen molar-refractivity contribution in [3.63, 3.8) is 0 Å². The van der Waals surface area contributed by atoms with Gasteiger partial charge in [-0.1, -0.05) is 24.3 Å². The fraction of sp³-hybridized carbons (Fsp3) is 0.440. The lowest BCUT2D eigenvalue weighted by Gasteiger charge is -2.56. The van der Waals surface area contributed by atoms with Crippen LogP contribution in [0.1, 0.15) is 55.3 Å². The zero-order valence-corrected chi connectivity index (χ0v) is 17.1. The summed E-state index contributed by atoms with van der Waals surface area (Å²) in [6.45, 7) is 0. The number of hydrazine groups is 1. The van der Waals surface area contributed by atoms with Crippen LogP contribution in [0.4, 0.5) is 0 Å². The predicted octanol–water partition coefficient (Wildman–Crippen LogP) is 4.85. The molecule has 0 spiro atoms. The summed E-state index contributed by atoms with van der Waals surface area (Å²) in [4.78, 5) is 25.2. The number of carbonyl (C=O) groups is 2. The zero-order valence-electron chi connectivity index (χ0n) is 17.1. The Bertz CT molecular complexity index is 905. The number of hydrogen-bond donors (Lipinski definition) is 2. The molecule has 6 rings (SSSR count). The molecule has 0 aromatic heterocycles. The first-order chi connectivity index (χ1) is 14.6. The molecule has 4 aliphatic carbocycles. The maximum atomic E-state index is 12.6. The van der Waals surface area contributed by atoms with E-state index in [-0.39, 0.29) is 17.2 Å². The summed E-state index contributed by atoms with van der Waals surface area (Å²) in [7, 11) is 0. The molecule has 2 aromatic rings. The van der Waals surface area contributed by atoms with Gasteiger partial charge in [0.05, 0.1) is 0 Å². The highest BCUT2D eigenvalue weighted by molar-refractivity contribution is 5.95. The third kappa shape index (κ3) is 4.07. The third-order valence-electron chi connectivity index (χ3n) is 7.09. The molecular formula is C25H28N2O3. The second-order valence-electron chi connectivity index (χ2n) is 9.54. The first kappa shape index (κ1) is 19.2. The van der Waals surface area contributed by atoms with Gasteiger partial charge in [0.1, 0.15) is 11.5 Å². The standard InChI is InChI=1S/C25H28N2O3/c28-23(16-25-13-17-9-18(14-25)11-19(10-17)15-25)26-27-24(29)20-5-4-8-22(12-20)30-21-6-2-1-3-7-21/h1-8,12,17-19H,9-11,13-16H2,(H,26,28)(H,27,29). The molecule has 4 saturated carbocycles. The van der Waals surface area contributed by atoms with Crippen LogP contribution in [0.5, 0.6) is 11.5 Å². The molecule has 0 unspecified atom stereocenters. The summed E-state index contributed by atoms with van der Waals surface area (Å²) in [5, 5.41) is 0. The van der Waals surface area contributed by atoms with E-state index in [4.69, 9.17) is 4.74 Å². The summed E-state index contributed by atoms with van der Waals surface area (Å²) < 4.78 is 5.79. The largest absolute Gasteiger partial charge is 0.457 e. The van der Waals surface area contributed by atoms with Crippen molar-refractivity contribution in [1.29, 1.82) is 0 Å². The molecule has 0 atom stereocenters. The van der Waals surface area contributed by atoms with E-state index in [9.17, 15) is 9.59 Å². The summed E-state index contributed by atoms with van der Waals surface area (Å²) in [5.41, 5.74) is 5.83. The van der Waals surface area contributed by atoms with E-state index < -0.39 is 0 Å². The lowest BCUT2D eigenvalue weighted by Crippen LogP contribution is -2.50. The molecule has 2 amide bonds. The summed E-state index contributed by atoms with van der Waals surface area (Å²) in [5.74, 6) is 3.30. The van der Waals surface area contributed by atoms with E-state index in [0.717, 1.165) is 17.8 Å². The Morgan fingerprint density at radius 2 is 1.47 bits per heavy atom. The van der Waals surface area contributed by atoms with Gasteiger partial charge in [-0.25, -0.2) is 0 Å². The van der Waals surface area contributed by atoms with Crippen molar-refractivity contribution < 1.29 is 14.3 Å². The van der Waals surface area contributed by atoms with Gasteiger partial charge in [0.15, 0.2) is 0 Å².